The number of allylic oxidation sites excluding steroid dienone is 2. The number of hydrogen-bond donors (Lipinski definition) is 1. The first-order valence-corrected chi connectivity index (χ1v) is 11.7. The number of aliphatic imine (C=N–C) groups is 2. The summed E-state index contributed by atoms with van der Waals surface area (Å²) in [5.74, 6) is -0.265. The molecule has 1 heterocycles. The Bertz CT molecular complexity index is 1320. The highest BCUT2D eigenvalue weighted by Crippen LogP contribution is 2.27. The Morgan fingerprint density at radius 2 is 1.87 bits per heavy atom. The lowest BCUT2D eigenvalue weighted by molar-refractivity contribution is -0.103. The summed E-state index contributed by atoms with van der Waals surface area (Å²) in [5, 5.41) is 6.04. The van der Waals surface area contributed by atoms with Gasteiger partial charge in [-0.05, 0) is 57.9 Å². The van der Waals surface area contributed by atoms with Gasteiger partial charge in [0.05, 0.1) is 5.69 Å². The van der Waals surface area contributed by atoms with Gasteiger partial charge < -0.3 is 15.2 Å². The van der Waals surface area contributed by atoms with Crippen molar-refractivity contribution in [1.29, 1.82) is 0 Å². The lowest BCUT2D eigenvalue weighted by atomic mass is 10.0. The maximum atomic E-state index is 12.7. The third-order valence-corrected chi connectivity index (χ3v) is 5.84. The Labute approximate surface area is 224 Å². The van der Waals surface area contributed by atoms with Gasteiger partial charge in [-0.25, -0.2) is 13.8 Å². The molecule has 0 radical (unpaired) electrons. The molecule has 8 nitrogen and oxygen atoms in total. The van der Waals surface area contributed by atoms with Gasteiger partial charge in [0.15, 0.2) is 12.9 Å². The zero-order valence-corrected chi connectivity index (χ0v) is 21.7. The minimum Gasteiger partial charge on any atom is -0.472 e. The van der Waals surface area contributed by atoms with Gasteiger partial charge >= 0.3 is 6.61 Å². The first kappa shape index (κ1) is 28.6. The van der Waals surface area contributed by atoms with Crippen molar-refractivity contribution in [2.45, 2.75) is 13.0 Å². The second-order valence-electron chi connectivity index (χ2n) is 7.56. The van der Waals surface area contributed by atoms with E-state index in [2.05, 4.69) is 35.8 Å². The molecule has 38 heavy (non-hydrogen) atoms. The summed E-state index contributed by atoms with van der Waals surface area (Å²) in [7, 11) is 3.25. The SMILES string of the molecule is CN=C(Br)c1cc(N(C)/N=C2/C=CC(OCC(F)F)=N/C2=C(/C=O)c2ccc(OC(F)F)cc2)ccc1N. The van der Waals surface area contributed by atoms with Crippen LogP contribution in [0.1, 0.15) is 11.1 Å². The minimum absolute atomic E-state index is 0.0158. The van der Waals surface area contributed by atoms with Crippen LogP contribution in [-0.2, 0) is 9.53 Å². The summed E-state index contributed by atoms with van der Waals surface area (Å²) in [6.45, 7) is -3.92. The highest BCUT2D eigenvalue weighted by Gasteiger charge is 2.20. The van der Waals surface area contributed by atoms with Crippen molar-refractivity contribution >= 4 is 55.4 Å². The third-order valence-electron chi connectivity index (χ3n) is 5.06. The Balaban J connectivity index is 2.08. The van der Waals surface area contributed by atoms with Crippen molar-refractivity contribution in [3.8, 4) is 5.75 Å². The number of carbonyl (C=O) groups is 1. The number of dihydropyridines is 1. The number of anilines is 2. The minimum atomic E-state index is -3.01. The van der Waals surface area contributed by atoms with Crippen LogP contribution in [0.25, 0.3) is 5.57 Å². The molecule has 1 aliphatic rings. The quantitative estimate of drug-likeness (QED) is 0.106. The molecule has 0 saturated carbocycles. The number of hydrogen-bond acceptors (Lipinski definition) is 8. The van der Waals surface area contributed by atoms with Crippen LogP contribution in [0.5, 0.6) is 5.75 Å². The number of nitrogens with zero attached hydrogens (tertiary/aromatic N) is 4. The fourth-order valence-corrected chi connectivity index (χ4v) is 3.63. The average molecular weight is 596 g/mol. The number of ether oxygens (including phenoxy) is 2. The third kappa shape index (κ3) is 7.28. The maximum Gasteiger partial charge on any atom is 0.387 e. The number of halogens is 5. The van der Waals surface area contributed by atoms with E-state index in [1.165, 1.54) is 41.4 Å². The lowest BCUT2D eigenvalue weighted by Crippen LogP contribution is -2.19. The largest absolute Gasteiger partial charge is 0.472 e. The molecule has 0 spiro atoms. The summed E-state index contributed by atoms with van der Waals surface area (Å²) >= 11 is 3.35. The van der Waals surface area contributed by atoms with E-state index in [0.717, 1.165) is 0 Å². The molecular formula is C25H22BrF4N5O3. The standard InChI is InChI=1S/C25H22BrF4N5O3/c1-32-24(26)17-11-15(5-8-19(17)31)35(2)34-20-9-10-22(37-13-21(27)28)33-23(20)18(12-36)14-3-6-16(7-4-14)38-25(29)30/h3-12,21,25H,13,31H2,1-2H3/b23-18-,32-24?,34-20-. The lowest BCUT2D eigenvalue weighted by Gasteiger charge is -2.19. The summed E-state index contributed by atoms with van der Waals surface area (Å²) in [6.07, 6.45) is 0.560. The molecule has 0 bridgehead atoms. The van der Waals surface area contributed by atoms with E-state index in [-0.39, 0.29) is 28.6 Å². The molecule has 0 atom stereocenters. The van der Waals surface area contributed by atoms with Crippen molar-refractivity contribution in [3.63, 3.8) is 0 Å². The number of alkyl halides is 4. The van der Waals surface area contributed by atoms with Crippen LogP contribution in [0, 0.1) is 0 Å². The van der Waals surface area contributed by atoms with Gasteiger partial charge in [0.1, 0.15) is 21.8 Å². The van der Waals surface area contributed by atoms with E-state index in [9.17, 15) is 22.4 Å². The number of hydrazone groups is 1. The number of nitrogens with two attached hydrogens (primary N) is 1. The summed E-state index contributed by atoms with van der Waals surface area (Å²) in [5.41, 5.74) is 8.31. The van der Waals surface area contributed by atoms with Crippen LogP contribution in [-0.4, -0.2) is 56.3 Å². The summed E-state index contributed by atoms with van der Waals surface area (Å²) < 4.78 is 60.3. The molecule has 0 aliphatic carbocycles. The van der Waals surface area contributed by atoms with Crippen molar-refractivity contribution < 1.29 is 31.8 Å². The fourth-order valence-electron chi connectivity index (χ4n) is 3.28. The van der Waals surface area contributed by atoms with E-state index in [0.29, 0.717) is 33.4 Å². The number of aldehydes is 1. The van der Waals surface area contributed by atoms with Gasteiger partial charge in [-0.3, -0.25) is 14.8 Å². The summed E-state index contributed by atoms with van der Waals surface area (Å²) in [4.78, 5) is 20.5. The van der Waals surface area contributed by atoms with Gasteiger partial charge in [0.2, 0.25) is 5.90 Å². The molecule has 3 rings (SSSR count). The van der Waals surface area contributed by atoms with Crippen LogP contribution in [0.2, 0.25) is 0 Å². The molecule has 200 valence electrons. The highest BCUT2D eigenvalue weighted by atomic mass is 79.9. The van der Waals surface area contributed by atoms with Gasteiger partial charge in [0.25, 0.3) is 6.43 Å². The van der Waals surface area contributed by atoms with Gasteiger partial charge in [-0.1, -0.05) is 12.1 Å². The Kier molecular flexibility index (Phi) is 9.77. The molecule has 2 aromatic rings. The van der Waals surface area contributed by atoms with Crippen molar-refractivity contribution in [1.82, 2.24) is 0 Å². The van der Waals surface area contributed by atoms with Crippen LogP contribution >= 0.6 is 15.9 Å². The zero-order chi connectivity index (χ0) is 27.8. The Hall–Kier alpha value is -4.00. The predicted molar refractivity (Wildman–Crippen MR) is 143 cm³/mol. The first-order valence-electron chi connectivity index (χ1n) is 10.9. The van der Waals surface area contributed by atoms with Gasteiger partial charge in [0, 0.05) is 37.0 Å². The van der Waals surface area contributed by atoms with Crippen LogP contribution in [0.3, 0.4) is 0 Å². The van der Waals surface area contributed by atoms with E-state index < -0.39 is 19.6 Å². The van der Waals surface area contributed by atoms with Gasteiger partial charge in [-0.15, -0.1) is 0 Å². The fraction of sp³-hybridized carbons (Fsp3) is 0.200. The van der Waals surface area contributed by atoms with Crippen LogP contribution < -0.4 is 15.5 Å². The van der Waals surface area contributed by atoms with Crippen molar-refractivity contribution in [3.05, 3.63) is 71.4 Å². The number of carbonyl (C=O) groups excluding carboxylic acids is 1. The monoisotopic (exact) mass is 595 g/mol. The topological polar surface area (TPSA) is 102 Å². The molecule has 1 aliphatic heterocycles. The second-order valence-corrected chi connectivity index (χ2v) is 8.31. The van der Waals surface area contributed by atoms with E-state index >= 15 is 0 Å². The van der Waals surface area contributed by atoms with E-state index in [4.69, 9.17) is 10.5 Å². The van der Waals surface area contributed by atoms with Crippen LogP contribution in [0.4, 0.5) is 28.9 Å². The number of rotatable bonds is 9. The van der Waals surface area contributed by atoms with E-state index in [1.807, 2.05) is 0 Å². The molecule has 0 fully saturated rings. The number of benzene rings is 2. The second kappa shape index (κ2) is 13.0. The summed E-state index contributed by atoms with van der Waals surface area (Å²) in [6, 6.07) is 10.4. The smallest absolute Gasteiger partial charge is 0.387 e. The van der Waals surface area contributed by atoms with E-state index in [1.54, 1.807) is 32.3 Å². The predicted octanol–water partition coefficient (Wildman–Crippen LogP) is 5.29. The Morgan fingerprint density at radius 3 is 2.47 bits per heavy atom. The Morgan fingerprint density at radius 1 is 1.16 bits per heavy atom. The molecule has 13 heteroatoms. The van der Waals surface area contributed by atoms with Gasteiger partial charge in [-0.2, -0.15) is 13.9 Å². The van der Waals surface area contributed by atoms with Crippen molar-refractivity contribution in [2.75, 3.05) is 31.4 Å². The number of nitrogen functional groups attached to an aromatic ring is 1. The molecule has 0 amide bonds. The molecular weight excluding hydrogens is 574 g/mol. The average Bonchev–Trinajstić information content (AvgIpc) is 2.89. The molecule has 0 aromatic heterocycles. The zero-order valence-electron chi connectivity index (χ0n) is 20.1. The first-order chi connectivity index (χ1) is 18.1. The molecule has 0 saturated heterocycles. The highest BCUT2D eigenvalue weighted by molar-refractivity contribution is 9.18. The normalized spacial score (nSPS) is 16.1. The van der Waals surface area contributed by atoms with Crippen LogP contribution in [0.15, 0.2) is 75.4 Å². The maximum absolute atomic E-state index is 12.7. The molecule has 0 unspecified atom stereocenters. The molecule has 2 N–H and O–H groups in total. The molecule has 2 aromatic carbocycles. The van der Waals surface area contributed by atoms with Crippen molar-refractivity contribution in [2.24, 2.45) is 15.1 Å².